The van der Waals surface area contributed by atoms with Gasteiger partial charge in [0.1, 0.15) is 0 Å². The molecule has 3 nitrogen and oxygen atoms in total. The fraction of sp³-hybridized carbons (Fsp3) is 0.333. The lowest BCUT2D eigenvalue weighted by Crippen LogP contribution is -2.20. The molecule has 0 saturated heterocycles. The van der Waals surface area contributed by atoms with Crippen molar-refractivity contribution < 1.29 is 4.74 Å². The lowest BCUT2D eigenvalue weighted by molar-refractivity contribution is 0.199. The summed E-state index contributed by atoms with van der Waals surface area (Å²) < 4.78 is 7.26. The molecule has 0 amide bonds. The topological polar surface area (TPSA) is 26.2 Å². The predicted molar refractivity (Wildman–Crippen MR) is 74.1 cm³/mol. The number of ether oxygens (including phenoxy) is 1. The van der Waals surface area contributed by atoms with Gasteiger partial charge in [-0.2, -0.15) is 0 Å². The number of hydrogen-bond acceptors (Lipinski definition) is 2. The third-order valence-electron chi connectivity index (χ3n) is 3.00. The summed E-state index contributed by atoms with van der Waals surface area (Å²) in [4.78, 5) is 0. The van der Waals surface area contributed by atoms with E-state index in [1.807, 2.05) is 0 Å². The molecule has 2 aromatic rings. The zero-order valence-corrected chi connectivity index (χ0v) is 11.0. The summed E-state index contributed by atoms with van der Waals surface area (Å²) in [6.45, 7) is 4.60. The maximum atomic E-state index is 5.03. The van der Waals surface area contributed by atoms with Crippen molar-refractivity contribution in [2.24, 2.45) is 0 Å². The van der Waals surface area contributed by atoms with Crippen LogP contribution >= 0.6 is 0 Å². The minimum absolute atomic E-state index is 0.741. The minimum atomic E-state index is 0.741. The first-order chi connectivity index (χ1) is 8.83. The van der Waals surface area contributed by atoms with Gasteiger partial charge < -0.3 is 14.6 Å². The molecule has 1 heterocycles. The highest BCUT2D eigenvalue weighted by molar-refractivity contribution is 5.42. The quantitative estimate of drug-likeness (QED) is 0.790. The Bertz CT molecular complexity index is 491. The van der Waals surface area contributed by atoms with Gasteiger partial charge in [0.2, 0.25) is 0 Å². The molecule has 0 saturated carbocycles. The minimum Gasteiger partial charge on any atom is -0.383 e. The molecule has 0 radical (unpaired) electrons. The smallest absolute Gasteiger partial charge is 0.0587 e. The second-order valence-electron chi connectivity index (χ2n) is 4.33. The van der Waals surface area contributed by atoms with Gasteiger partial charge in [-0.25, -0.2) is 0 Å². The van der Waals surface area contributed by atoms with E-state index in [0.29, 0.717) is 0 Å². The fourth-order valence-corrected chi connectivity index (χ4v) is 2.02. The Hall–Kier alpha value is -1.58. The molecule has 2 rings (SSSR count). The molecule has 96 valence electrons. The largest absolute Gasteiger partial charge is 0.383 e. The van der Waals surface area contributed by atoms with Crippen molar-refractivity contribution in [3.05, 3.63) is 53.9 Å². The van der Waals surface area contributed by atoms with E-state index in [0.717, 1.165) is 19.7 Å². The average molecular weight is 244 g/mol. The monoisotopic (exact) mass is 244 g/mol. The maximum absolute atomic E-state index is 5.03. The van der Waals surface area contributed by atoms with Crippen molar-refractivity contribution in [2.45, 2.75) is 13.5 Å². The van der Waals surface area contributed by atoms with Crippen molar-refractivity contribution >= 4 is 0 Å². The van der Waals surface area contributed by atoms with Crippen LogP contribution < -0.4 is 5.32 Å². The molecular weight excluding hydrogens is 224 g/mol. The standard InChI is InChI=1S/C15H20N2O/c1-13-6-3-4-8-15(13)17-10-5-7-14(17)12-16-9-11-18-2/h3-8,10,16H,9,11-12H2,1-2H3. The molecule has 3 heteroatoms. The number of hydrogen-bond donors (Lipinski definition) is 1. The summed E-state index contributed by atoms with van der Waals surface area (Å²) in [5, 5.41) is 3.37. The van der Waals surface area contributed by atoms with Gasteiger partial charge in [-0.15, -0.1) is 0 Å². The van der Waals surface area contributed by atoms with Gasteiger partial charge in [-0.05, 0) is 30.7 Å². The van der Waals surface area contributed by atoms with Gasteiger partial charge in [0.05, 0.1) is 6.61 Å². The molecule has 0 aliphatic heterocycles. The highest BCUT2D eigenvalue weighted by Gasteiger charge is 2.04. The first-order valence-electron chi connectivity index (χ1n) is 6.25. The van der Waals surface area contributed by atoms with Crippen LogP contribution in [-0.4, -0.2) is 24.8 Å². The SMILES string of the molecule is COCCNCc1cccn1-c1ccccc1C. The lowest BCUT2D eigenvalue weighted by atomic mass is 10.2. The summed E-state index contributed by atoms with van der Waals surface area (Å²) in [7, 11) is 1.72. The summed E-state index contributed by atoms with van der Waals surface area (Å²) in [6.07, 6.45) is 2.11. The molecule has 18 heavy (non-hydrogen) atoms. The number of aryl methyl sites for hydroxylation is 1. The Morgan fingerprint density at radius 1 is 1.17 bits per heavy atom. The van der Waals surface area contributed by atoms with Crippen molar-refractivity contribution in [2.75, 3.05) is 20.3 Å². The van der Waals surface area contributed by atoms with Gasteiger partial charge in [0, 0.05) is 37.8 Å². The molecule has 1 aromatic carbocycles. The number of para-hydroxylation sites is 1. The van der Waals surface area contributed by atoms with Crippen LogP contribution in [0.3, 0.4) is 0 Å². The van der Waals surface area contributed by atoms with Crippen LogP contribution in [0, 0.1) is 6.92 Å². The molecular formula is C15H20N2O. The van der Waals surface area contributed by atoms with E-state index in [1.165, 1.54) is 16.9 Å². The third-order valence-corrected chi connectivity index (χ3v) is 3.00. The third kappa shape index (κ3) is 3.00. The zero-order chi connectivity index (χ0) is 12.8. The van der Waals surface area contributed by atoms with Crippen LogP contribution in [0.25, 0.3) is 5.69 Å². The Kier molecular flexibility index (Phi) is 4.56. The van der Waals surface area contributed by atoms with Gasteiger partial charge in [-0.1, -0.05) is 18.2 Å². The molecule has 0 spiro atoms. The van der Waals surface area contributed by atoms with Crippen LogP contribution in [0.4, 0.5) is 0 Å². The Balaban J connectivity index is 2.10. The molecule has 1 aromatic heterocycles. The van der Waals surface area contributed by atoms with Crippen molar-refractivity contribution in [3.63, 3.8) is 0 Å². The van der Waals surface area contributed by atoms with Gasteiger partial charge in [-0.3, -0.25) is 0 Å². The second kappa shape index (κ2) is 6.38. The Labute approximate surface area is 108 Å². The first kappa shape index (κ1) is 12.9. The molecule has 0 aliphatic rings. The van der Waals surface area contributed by atoms with Crippen LogP contribution in [-0.2, 0) is 11.3 Å². The van der Waals surface area contributed by atoms with E-state index < -0.39 is 0 Å². The summed E-state index contributed by atoms with van der Waals surface area (Å²) in [5.74, 6) is 0. The molecule has 0 unspecified atom stereocenters. The number of rotatable bonds is 6. The number of methoxy groups -OCH3 is 1. The van der Waals surface area contributed by atoms with Crippen molar-refractivity contribution in [1.82, 2.24) is 9.88 Å². The molecule has 0 atom stereocenters. The van der Waals surface area contributed by atoms with Crippen molar-refractivity contribution in [3.8, 4) is 5.69 Å². The normalized spacial score (nSPS) is 10.8. The molecule has 0 aliphatic carbocycles. The molecule has 0 bridgehead atoms. The van der Waals surface area contributed by atoms with Gasteiger partial charge >= 0.3 is 0 Å². The zero-order valence-electron chi connectivity index (χ0n) is 11.0. The van der Waals surface area contributed by atoms with E-state index >= 15 is 0 Å². The Morgan fingerprint density at radius 2 is 2.00 bits per heavy atom. The molecule has 1 N–H and O–H groups in total. The van der Waals surface area contributed by atoms with Crippen molar-refractivity contribution in [1.29, 1.82) is 0 Å². The number of nitrogens with zero attached hydrogens (tertiary/aromatic N) is 1. The van der Waals surface area contributed by atoms with Crippen LogP contribution in [0.2, 0.25) is 0 Å². The summed E-state index contributed by atoms with van der Waals surface area (Å²) in [5.41, 5.74) is 3.79. The highest BCUT2D eigenvalue weighted by atomic mass is 16.5. The van der Waals surface area contributed by atoms with E-state index in [9.17, 15) is 0 Å². The predicted octanol–water partition coefficient (Wildman–Crippen LogP) is 2.52. The van der Waals surface area contributed by atoms with Gasteiger partial charge in [0.15, 0.2) is 0 Å². The van der Waals surface area contributed by atoms with E-state index in [2.05, 4.69) is 59.4 Å². The second-order valence-corrected chi connectivity index (χ2v) is 4.33. The van der Waals surface area contributed by atoms with Crippen LogP contribution in [0.15, 0.2) is 42.6 Å². The van der Waals surface area contributed by atoms with E-state index in [1.54, 1.807) is 7.11 Å². The van der Waals surface area contributed by atoms with Crippen LogP contribution in [0.5, 0.6) is 0 Å². The average Bonchev–Trinajstić information content (AvgIpc) is 2.83. The van der Waals surface area contributed by atoms with E-state index in [-0.39, 0.29) is 0 Å². The summed E-state index contributed by atoms with van der Waals surface area (Å²) >= 11 is 0. The summed E-state index contributed by atoms with van der Waals surface area (Å²) in [6, 6.07) is 12.7. The lowest BCUT2D eigenvalue weighted by Gasteiger charge is -2.12. The highest BCUT2D eigenvalue weighted by Crippen LogP contribution is 2.16. The Morgan fingerprint density at radius 3 is 2.78 bits per heavy atom. The first-order valence-corrected chi connectivity index (χ1v) is 6.25. The maximum Gasteiger partial charge on any atom is 0.0587 e. The van der Waals surface area contributed by atoms with Gasteiger partial charge in [0.25, 0.3) is 0 Å². The number of aromatic nitrogens is 1. The van der Waals surface area contributed by atoms with Crippen LogP contribution in [0.1, 0.15) is 11.3 Å². The number of benzene rings is 1. The molecule has 0 fully saturated rings. The number of nitrogens with one attached hydrogen (secondary N) is 1. The van der Waals surface area contributed by atoms with E-state index in [4.69, 9.17) is 4.74 Å². The fourth-order valence-electron chi connectivity index (χ4n) is 2.02.